The molecule has 9 nitrogen and oxygen atoms in total. The van der Waals surface area contributed by atoms with Crippen molar-refractivity contribution in [1.29, 1.82) is 0 Å². The van der Waals surface area contributed by atoms with Gasteiger partial charge in [-0.25, -0.2) is 14.2 Å². The molecule has 29 heavy (non-hydrogen) atoms. The second kappa shape index (κ2) is 7.02. The van der Waals surface area contributed by atoms with Crippen LogP contribution in [0.2, 0.25) is 0 Å². The molecule has 0 saturated carbocycles. The van der Waals surface area contributed by atoms with Crippen LogP contribution in [0.5, 0.6) is 0 Å². The number of fused-ring (bicyclic) bond motifs is 1. The third-order valence-corrected chi connectivity index (χ3v) is 4.91. The number of pyridine rings is 1. The number of nitrogens with zero attached hydrogens (tertiary/aromatic N) is 5. The molecular weight excluding hydrogens is 399 g/mol. The second-order valence-corrected chi connectivity index (χ2v) is 6.91. The fourth-order valence-electron chi connectivity index (χ4n) is 2.73. The number of halogens is 1. The van der Waals surface area contributed by atoms with Gasteiger partial charge in [0.2, 0.25) is 5.13 Å². The van der Waals surface area contributed by atoms with Crippen molar-refractivity contribution in [1.82, 2.24) is 23.5 Å². The molecule has 0 aliphatic carbocycles. The van der Waals surface area contributed by atoms with Crippen LogP contribution in [0.25, 0.3) is 22.4 Å². The Labute approximate surface area is 166 Å². The summed E-state index contributed by atoms with van der Waals surface area (Å²) in [5, 5.41) is 3.04. The van der Waals surface area contributed by atoms with Gasteiger partial charge < -0.3 is 0 Å². The Bertz CT molecular complexity index is 1370. The molecule has 0 bridgehead atoms. The molecule has 1 amide bonds. The second-order valence-electron chi connectivity index (χ2n) is 6.16. The highest BCUT2D eigenvalue weighted by Crippen LogP contribution is 2.21. The van der Waals surface area contributed by atoms with E-state index < -0.39 is 17.2 Å². The molecule has 0 unspecified atom stereocenters. The first-order valence-electron chi connectivity index (χ1n) is 8.33. The van der Waals surface area contributed by atoms with E-state index in [9.17, 15) is 18.8 Å². The molecule has 1 aromatic carbocycles. The molecule has 1 N–H and O–H groups in total. The van der Waals surface area contributed by atoms with Gasteiger partial charge in [-0.1, -0.05) is 0 Å². The van der Waals surface area contributed by atoms with E-state index in [1.165, 1.54) is 55.1 Å². The fraction of sp³-hybridized carbons (Fsp3) is 0.111. The van der Waals surface area contributed by atoms with Gasteiger partial charge in [0.15, 0.2) is 5.82 Å². The minimum absolute atomic E-state index is 0.0132. The third-order valence-electron chi connectivity index (χ3n) is 4.28. The van der Waals surface area contributed by atoms with E-state index in [-0.39, 0.29) is 27.7 Å². The number of rotatable bonds is 3. The lowest BCUT2D eigenvalue weighted by Crippen LogP contribution is -2.37. The highest BCUT2D eigenvalue weighted by molar-refractivity contribution is 7.10. The molecule has 146 valence electrons. The predicted octanol–water partition coefficient (Wildman–Crippen LogP) is 1.54. The quantitative estimate of drug-likeness (QED) is 0.546. The van der Waals surface area contributed by atoms with Crippen LogP contribution in [-0.2, 0) is 14.1 Å². The lowest BCUT2D eigenvalue weighted by atomic mass is 10.2. The molecule has 4 rings (SSSR count). The summed E-state index contributed by atoms with van der Waals surface area (Å²) in [5.74, 6) is -0.589. The highest BCUT2D eigenvalue weighted by atomic mass is 32.1. The van der Waals surface area contributed by atoms with Crippen LogP contribution in [0.4, 0.5) is 9.52 Å². The number of anilines is 1. The summed E-state index contributed by atoms with van der Waals surface area (Å²) in [4.78, 5) is 45.2. The van der Waals surface area contributed by atoms with Gasteiger partial charge in [-0.3, -0.25) is 24.0 Å². The van der Waals surface area contributed by atoms with Crippen molar-refractivity contribution in [2.75, 3.05) is 5.32 Å². The summed E-state index contributed by atoms with van der Waals surface area (Å²) in [7, 11) is 2.84. The molecule has 4 aromatic rings. The first kappa shape index (κ1) is 18.6. The maximum atomic E-state index is 13.0. The van der Waals surface area contributed by atoms with Crippen molar-refractivity contribution in [3.63, 3.8) is 0 Å². The highest BCUT2D eigenvalue weighted by Gasteiger charge is 2.16. The molecule has 11 heteroatoms. The number of hydrogen-bond acceptors (Lipinski definition) is 7. The van der Waals surface area contributed by atoms with Crippen LogP contribution >= 0.6 is 11.5 Å². The fourth-order valence-corrected chi connectivity index (χ4v) is 3.32. The van der Waals surface area contributed by atoms with Gasteiger partial charge in [-0.15, -0.1) is 0 Å². The van der Waals surface area contributed by atoms with E-state index in [0.29, 0.717) is 11.4 Å². The molecule has 0 radical (unpaired) electrons. The molecule has 3 aromatic heterocycles. The predicted molar refractivity (Wildman–Crippen MR) is 105 cm³/mol. The lowest BCUT2D eigenvalue weighted by Gasteiger charge is -2.07. The summed E-state index contributed by atoms with van der Waals surface area (Å²) in [6, 6.07) is 8.50. The van der Waals surface area contributed by atoms with Crippen molar-refractivity contribution in [3.8, 4) is 11.4 Å². The van der Waals surface area contributed by atoms with Crippen molar-refractivity contribution in [3.05, 3.63) is 68.7 Å². The average Bonchev–Trinajstić information content (AvgIpc) is 3.19. The number of aromatic nitrogens is 5. The largest absolute Gasteiger partial charge is 0.332 e. The van der Waals surface area contributed by atoms with Crippen molar-refractivity contribution in [2.45, 2.75) is 0 Å². The van der Waals surface area contributed by atoms with Crippen LogP contribution in [0.1, 0.15) is 10.5 Å². The summed E-state index contributed by atoms with van der Waals surface area (Å²) in [6.07, 6.45) is 0. The molecule has 0 atom stereocenters. The Kier molecular flexibility index (Phi) is 4.51. The Morgan fingerprint density at radius 3 is 2.48 bits per heavy atom. The van der Waals surface area contributed by atoms with E-state index in [1.807, 2.05) is 0 Å². The van der Waals surface area contributed by atoms with Crippen LogP contribution in [-0.4, -0.2) is 29.4 Å². The van der Waals surface area contributed by atoms with E-state index in [4.69, 9.17) is 0 Å². The van der Waals surface area contributed by atoms with Crippen molar-refractivity contribution in [2.24, 2.45) is 14.1 Å². The smallest absolute Gasteiger partial charge is 0.295 e. The Hall–Kier alpha value is -3.73. The number of amides is 1. The number of aryl methyl sites for hydroxylation is 1. The number of carbonyl (C=O) groups excluding carboxylic acids is 1. The minimum Gasteiger partial charge on any atom is -0.295 e. The molecule has 0 saturated heterocycles. The number of hydrogen-bond donors (Lipinski definition) is 1. The van der Waals surface area contributed by atoms with E-state index in [0.717, 1.165) is 16.1 Å². The summed E-state index contributed by atoms with van der Waals surface area (Å²) in [5.41, 5.74) is -0.302. The van der Waals surface area contributed by atoms with Gasteiger partial charge in [0.05, 0.1) is 5.39 Å². The minimum atomic E-state index is -0.568. The van der Waals surface area contributed by atoms with Gasteiger partial charge in [0.25, 0.3) is 11.5 Å². The van der Waals surface area contributed by atoms with Crippen molar-refractivity contribution >= 4 is 33.6 Å². The van der Waals surface area contributed by atoms with Crippen molar-refractivity contribution < 1.29 is 9.18 Å². The Morgan fingerprint density at radius 2 is 1.76 bits per heavy atom. The molecule has 0 fully saturated rings. The third kappa shape index (κ3) is 3.31. The van der Waals surface area contributed by atoms with Gasteiger partial charge >= 0.3 is 5.69 Å². The molecule has 0 aliphatic heterocycles. The Balaban J connectivity index is 1.64. The first-order chi connectivity index (χ1) is 13.8. The lowest BCUT2D eigenvalue weighted by molar-refractivity contribution is 0.102. The molecular formula is C18H13FN6O3S. The summed E-state index contributed by atoms with van der Waals surface area (Å²) >= 11 is 0.962. The number of nitrogens with one attached hydrogen (secondary N) is 1. The first-order valence-corrected chi connectivity index (χ1v) is 9.10. The standard InChI is InChI=1S/C18H13FN6O3S/c1-24-14-11(16(27)25(2)18(24)28)7-8-12(20-14)15(26)22-17-21-13(23-29-17)9-3-5-10(19)6-4-9/h3-8H,1-2H3,(H,21,22,23,26). The zero-order chi connectivity index (χ0) is 20.7. The average molecular weight is 412 g/mol. The van der Waals surface area contributed by atoms with Crippen LogP contribution in [0.15, 0.2) is 46.0 Å². The number of benzene rings is 1. The van der Waals surface area contributed by atoms with Crippen LogP contribution in [0, 0.1) is 5.82 Å². The van der Waals surface area contributed by atoms with Gasteiger partial charge in [0.1, 0.15) is 17.2 Å². The zero-order valence-electron chi connectivity index (χ0n) is 15.2. The van der Waals surface area contributed by atoms with Crippen LogP contribution in [0.3, 0.4) is 0 Å². The van der Waals surface area contributed by atoms with Crippen LogP contribution < -0.4 is 16.6 Å². The maximum absolute atomic E-state index is 13.0. The molecule has 0 spiro atoms. The summed E-state index contributed by atoms with van der Waals surface area (Å²) in [6.45, 7) is 0. The SMILES string of the molecule is Cn1c(=O)c2ccc(C(=O)Nc3nc(-c4ccc(F)cc4)ns3)nc2n(C)c1=O. The topological polar surface area (TPSA) is 112 Å². The van der Waals surface area contributed by atoms with Gasteiger partial charge in [-0.2, -0.15) is 9.36 Å². The number of carbonyl (C=O) groups is 1. The summed E-state index contributed by atoms with van der Waals surface area (Å²) < 4.78 is 19.4. The normalized spacial score (nSPS) is 11.0. The van der Waals surface area contributed by atoms with Gasteiger partial charge in [0, 0.05) is 31.2 Å². The zero-order valence-corrected chi connectivity index (χ0v) is 16.0. The van der Waals surface area contributed by atoms with Gasteiger partial charge in [-0.05, 0) is 36.4 Å². The van der Waals surface area contributed by atoms with E-state index in [1.54, 1.807) is 0 Å². The molecule has 3 heterocycles. The van der Waals surface area contributed by atoms with E-state index >= 15 is 0 Å². The maximum Gasteiger partial charge on any atom is 0.332 e. The van der Waals surface area contributed by atoms with E-state index in [2.05, 4.69) is 19.7 Å². The monoisotopic (exact) mass is 412 g/mol. The Morgan fingerprint density at radius 1 is 1.03 bits per heavy atom. The molecule has 0 aliphatic rings.